The Balaban J connectivity index is 2.50. The average molecular weight is 274 g/mol. The second-order valence-corrected chi connectivity index (χ2v) is 4.85. The van der Waals surface area contributed by atoms with E-state index in [1.165, 1.54) is 6.07 Å². The van der Waals surface area contributed by atoms with Gasteiger partial charge in [-0.3, -0.25) is 0 Å². The maximum absolute atomic E-state index is 14.2. The molecule has 3 nitrogen and oxygen atoms in total. The molecule has 0 aromatic heterocycles. The molecule has 1 heterocycles. The summed E-state index contributed by atoms with van der Waals surface area (Å²) < 4.78 is 25.4. The van der Waals surface area contributed by atoms with Gasteiger partial charge in [-0.2, -0.15) is 0 Å². The van der Waals surface area contributed by atoms with Crippen molar-refractivity contribution in [1.29, 1.82) is 0 Å². The highest BCUT2D eigenvalue weighted by Gasteiger charge is 2.25. The minimum atomic E-state index is -0.429. The van der Waals surface area contributed by atoms with Gasteiger partial charge in [-0.1, -0.05) is 18.5 Å². The summed E-state index contributed by atoms with van der Waals surface area (Å²) >= 11 is 5.91. The zero-order chi connectivity index (χ0) is 13.1. The highest BCUT2D eigenvalue weighted by molar-refractivity contribution is 6.31. The fraction of sp³-hybridized carbons (Fsp3) is 0.538. The van der Waals surface area contributed by atoms with Crippen LogP contribution in [0.4, 0.5) is 4.39 Å². The molecule has 0 amide bonds. The summed E-state index contributed by atoms with van der Waals surface area (Å²) in [5.74, 6) is 0.527. The van der Waals surface area contributed by atoms with Crippen LogP contribution in [0.5, 0.6) is 11.5 Å². The zero-order valence-electron chi connectivity index (χ0n) is 10.3. The van der Waals surface area contributed by atoms with Gasteiger partial charge in [-0.05, 0) is 18.9 Å². The van der Waals surface area contributed by atoms with Crippen molar-refractivity contribution < 1.29 is 13.9 Å². The maximum atomic E-state index is 14.2. The van der Waals surface area contributed by atoms with Gasteiger partial charge in [0.25, 0.3) is 0 Å². The summed E-state index contributed by atoms with van der Waals surface area (Å²) in [5, 5.41) is 0.0677. The number of nitrogens with two attached hydrogens (primary N) is 1. The first-order valence-corrected chi connectivity index (χ1v) is 6.50. The Labute approximate surface area is 111 Å². The highest BCUT2D eigenvalue weighted by atomic mass is 35.5. The summed E-state index contributed by atoms with van der Waals surface area (Å²) in [5.41, 5.74) is 6.01. The van der Waals surface area contributed by atoms with Crippen molar-refractivity contribution in [3.05, 3.63) is 22.5 Å². The molecule has 2 rings (SSSR count). The van der Waals surface area contributed by atoms with Crippen LogP contribution in [0.1, 0.15) is 31.2 Å². The topological polar surface area (TPSA) is 44.5 Å². The van der Waals surface area contributed by atoms with Gasteiger partial charge < -0.3 is 15.2 Å². The molecule has 2 N–H and O–H groups in total. The number of hydrogen-bond acceptors (Lipinski definition) is 3. The van der Waals surface area contributed by atoms with Gasteiger partial charge >= 0.3 is 0 Å². The summed E-state index contributed by atoms with van der Waals surface area (Å²) in [7, 11) is 0. The molecule has 0 bridgehead atoms. The van der Waals surface area contributed by atoms with Gasteiger partial charge in [-0.15, -0.1) is 0 Å². The SMILES string of the molecule is CC(CCN)c1c(F)c(Cl)cc2c1OCCCO2. The van der Waals surface area contributed by atoms with Crippen LogP contribution in [0.3, 0.4) is 0 Å². The molecule has 0 saturated heterocycles. The lowest BCUT2D eigenvalue weighted by molar-refractivity contribution is 0.295. The summed E-state index contributed by atoms with van der Waals surface area (Å²) in [6, 6.07) is 1.48. The second kappa shape index (κ2) is 5.76. The Morgan fingerprint density at radius 2 is 2.17 bits per heavy atom. The van der Waals surface area contributed by atoms with E-state index in [1.807, 2.05) is 6.92 Å². The van der Waals surface area contributed by atoms with Gasteiger partial charge in [0.1, 0.15) is 5.82 Å². The van der Waals surface area contributed by atoms with Crippen molar-refractivity contribution in [3.63, 3.8) is 0 Å². The Hall–Kier alpha value is -1.00. The molecule has 5 heteroatoms. The molecule has 1 atom stereocenters. The molecule has 100 valence electrons. The predicted molar refractivity (Wildman–Crippen MR) is 69.1 cm³/mol. The lowest BCUT2D eigenvalue weighted by Gasteiger charge is -2.19. The molecule has 0 saturated carbocycles. The molecular formula is C13H17ClFNO2. The molecule has 1 aromatic rings. The van der Waals surface area contributed by atoms with Crippen LogP contribution in [-0.4, -0.2) is 19.8 Å². The van der Waals surface area contributed by atoms with Crippen LogP contribution in [0, 0.1) is 5.82 Å². The molecule has 0 fully saturated rings. The molecule has 1 aromatic carbocycles. The quantitative estimate of drug-likeness (QED) is 0.920. The van der Waals surface area contributed by atoms with Crippen molar-refractivity contribution in [3.8, 4) is 11.5 Å². The predicted octanol–water partition coefficient (Wildman–Crippen LogP) is 3.09. The minimum absolute atomic E-state index is 0.0517. The molecule has 0 spiro atoms. The molecule has 1 aliphatic heterocycles. The zero-order valence-corrected chi connectivity index (χ0v) is 11.1. The van der Waals surface area contributed by atoms with Crippen molar-refractivity contribution >= 4 is 11.6 Å². The van der Waals surface area contributed by atoms with Gasteiger partial charge in [0, 0.05) is 18.1 Å². The first-order chi connectivity index (χ1) is 8.65. The van der Waals surface area contributed by atoms with Crippen molar-refractivity contribution in [1.82, 2.24) is 0 Å². The Kier molecular flexibility index (Phi) is 4.30. The van der Waals surface area contributed by atoms with Crippen LogP contribution in [-0.2, 0) is 0 Å². The Morgan fingerprint density at radius 3 is 2.89 bits per heavy atom. The van der Waals surface area contributed by atoms with Crippen LogP contribution in [0.25, 0.3) is 0 Å². The Bertz CT molecular complexity index is 439. The number of hydrogen-bond donors (Lipinski definition) is 1. The molecule has 18 heavy (non-hydrogen) atoms. The lowest BCUT2D eigenvalue weighted by atomic mass is 9.95. The van der Waals surface area contributed by atoms with Crippen LogP contribution < -0.4 is 15.2 Å². The van der Waals surface area contributed by atoms with E-state index < -0.39 is 5.82 Å². The second-order valence-electron chi connectivity index (χ2n) is 4.44. The third-order valence-electron chi connectivity index (χ3n) is 3.06. The number of rotatable bonds is 3. The standard InChI is InChI=1S/C13H17ClFNO2/c1-8(3-4-16)11-12(15)9(14)7-10-13(11)18-6-2-5-17-10/h7-8H,2-6,16H2,1H3. The average Bonchev–Trinajstić information content (AvgIpc) is 2.56. The number of halogens is 2. The van der Waals surface area contributed by atoms with Crippen molar-refractivity contribution in [2.75, 3.05) is 19.8 Å². The molecule has 1 unspecified atom stereocenters. The largest absolute Gasteiger partial charge is 0.489 e. The first-order valence-electron chi connectivity index (χ1n) is 6.12. The number of fused-ring (bicyclic) bond motifs is 1. The van der Waals surface area contributed by atoms with E-state index in [9.17, 15) is 4.39 Å². The third kappa shape index (κ3) is 2.54. The highest BCUT2D eigenvalue weighted by Crippen LogP contribution is 2.43. The van der Waals surface area contributed by atoms with E-state index in [-0.39, 0.29) is 10.9 Å². The van der Waals surface area contributed by atoms with Crippen molar-refractivity contribution in [2.45, 2.75) is 25.7 Å². The van der Waals surface area contributed by atoms with E-state index in [1.54, 1.807) is 0 Å². The number of ether oxygens (including phenoxy) is 2. The van der Waals surface area contributed by atoms with Crippen LogP contribution in [0.2, 0.25) is 5.02 Å². The van der Waals surface area contributed by atoms with Gasteiger partial charge in [0.2, 0.25) is 0 Å². The van der Waals surface area contributed by atoms with Crippen LogP contribution >= 0.6 is 11.6 Å². The first kappa shape index (κ1) is 13.4. The summed E-state index contributed by atoms with van der Waals surface area (Å²) in [4.78, 5) is 0. The van der Waals surface area contributed by atoms with E-state index in [2.05, 4.69) is 0 Å². The van der Waals surface area contributed by atoms with Gasteiger partial charge in [0.05, 0.1) is 18.2 Å². The monoisotopic (exact) mass is 273 g/mol. The summed E-state index contributed by atoms with van der Waals surface area (Å²) in [6.45, 7) is 3.48. The van der Waals surface area contributed by atoms with E-state index >= 15 is 0 Å². The Morgan fingerprint density at radius 1 is 1.44 bits per heavy atom. The third-order valence-corrected chi connectivity index (χ3v) is 3.33. The summed E-state index contributed by atoms with van der Waals surface area (Å²) in [6.07, 6.45) is 1.45. The normalized spacial score (nSPS) is 16.2. The fourth-order valence-electron chi connectivity index (χ4n) is 2.11. The van der Waals surface area contributed by atoms with Gasteiger partial charge in [0.15, 0.2) is 11.5 Å². The molecule has 0 radical (unpaired) electrons. The lowest BCUT2D eigenvalue weighted by Crippen LogP contribution is -2.09. The smallest absolute Gasteiger partial charge is 0.167 e. The molecule has 1 aliphatic rings. The minimum Gasteiger partial charge on any atom is -0.489 e. The van der Waals surface area contributed by atoms with Crippen molar-refractivity contribution in [2.24, 2.45) is 5.73 Å². The fourth-order valence-corrected chi connectivity index (χ4v) is 2.31. The van der Waals surface area contributed by atoms with E-state index in [0.29, 0.717) is 43.2 Å². The molecule has 0 aliphatic carbocycles. The van der Waals surface area contributed by atoms with E-state index in [0.717, 1.165) is 6.42 Å². The number of benzene rings is 1. The molecular weight excluding hydrogens is 257 g/mol. The van der Waals surface area contributed by atoms with Crippen LogP contribution in [0.15, 0.2) is 6.07 Å². The van der Waals surface area contributed by atoms with Gasteiger partial charge in [-0.25, -0.2) is 4.39 Å². The maximum Gasteiger partial charge on any atom is 0.167 e. The van der Waals surface area contributed by atoms with E-state index in [4.69, 9.17) is 26.8 Å².